The van der Waals surface area contributed by atoms with Crippen molar-refractivity contribution in [3.63, 3.8) is 0 Å². The second-order valence-electron chi connectivity index (χ2n) is 6.04. The van der Waals surface area contributed by atoms with E-state index in [1.54, 1.807) is 7.11 Å². The molecule has 0 spiro atoms. The fourth-order valence-electron chi connectivity index (χ4n) is 3.74. The highest BCUT2D eigenvalue weighted by Gasteiger charge is 2.47. The molecule has 1 N–H and O–H groups in total. The SMILES string of the molecule is CNC(Cc1cc(Br)ccc1OC)C1CC2CC2C1. The molecule has 3 unspecified atom stereocenters. The molecule has 1 aromatic rings. The summed E-state index contributed by atoms with van der Waals surface area (Å²) in [5, 5.41) is 3.53. The summed E-state index contributed by atoms with van der Waals surface area (Å²) in [5.74, 6) is 3.94. The van der Waals surface area contributed by atoms with Crippen molar-refractivity contribution >= 4 is 15.9 Å². The second-order valence-corrected chi connectivity index (χ2v) is 6.96. The third-order valence-electron chi connectivity index (χ3n) is 4.90. The van der Waals surface area contributed by atoms with Crippen LogP contribution in [-0.4, -0.2) is 20.2 Å². The van der Waals surface area contributed by atoms with Gasteiger partial charge in [0.1, 0.15) is 5.75 Å². The molecule has 3 heteroatoms. The predicted molar refractivity (Wildman–Crippen MR) is 81.6 cm³/mol. The minimum Gasteiger partial charge on any atom is -0.496 e. The maximum atomic E-state index is 5.49. The van der Waals surface area contributed by atoms with Crippen LogP contribution in [0.3, 0.4) is 0 Å². The number of rotatable bonds is 5. The summed E-state index contributed by atoms with van der Waals surface area (Å²) in [5.41, 5.74) is 1.30. The average Bonchev–Trinajstić information content (AvgIpc) is 3.03. The molecule has 0 amide bonds. The van der Waals surface area contributed by atoms with Gasteiger partial charge in [-0.2, -0.15) is 0 Å². The van der Waals surface area contributed by atoms with E-state index >= 15 is 0 Å². The Morgan fingerprint density at radius 3 is 2.68 bits per heavy atom. The first-order valence-corrected chi connectivity index (χ1v) is 8.00. The van der Waals surface area contributed by atoms with Gasteiger partial charge in [0, 0.05) is 10.5 Å². The molecule has 0 aromatic heterocycles. The first-order chi connectivity index (χ1) is 9.21. The third-order valence-corrected chi connectivity index (χ3v) is 5.40. The van der Waals surface area contributed by atoms with Gasteiger partial charge < -0.3 is 10.1 Å². The smallest absolute Gasteiger partial charge is 0.122 e. The van der Waals surface area contributed by atoms with Crippen LogP contribution in [0.25, 0.3) is 0 Å². The first kappa shape index (κ1) is 13.4. The van der Waals surface area contributed by atoms with Gasteiger partial charge in [-0.3, -0.25) is 0 Å². The van der Waals surface area contributed by atoms with Gasteiger partial charge in [-0.05, 0) is 74.2 Å². The largest absolute Gasteiger partial charge is 0.496 e. The van der Waals surface area contributed by atoms with Gasteiger partial charge in [-0.15, -0.1) is 0 Å². The van der Waals surface area contributed by atoms with Crippen molar-refractivity contribution in [3.05, 3.63) is 28.2 Å². The second kappa shape index (κ2) is 5.45. The number of hydrogen-bond donors (Lipinski definition) is 1. The quantitative estimate of drug-likeness (QED) is 0.893. The average molecular weight is 324 g/mol. The van der Waals surface area contributed by atoms with Crippen LogP contribution in [0.15, 0.2) is 22.7 Å². The van der Waals surface area contributed by atoms with E-state index in [2.05, 4.69) is 40.4 Å². The Kier molecular flexibility index (Phi) is 3.86. The highest BCUT2D eigenvalue weighted by atomic mass is 79.9. The molecular weight excluding hydrogens is 302 g/mol. The molecule has 2 aliphatic carbocycles. The fraction of sp³-hybridized carbons (Fsp3) is 0.625. The van der Waals surface area contributed by atoms with Crippen LogP contribution in [0.5, 0.6) is 5.75 Å². The van der Waals surface area contributed by atoms with Crippen molar-refractivity contribution < 1.29 is 4.74 Å². The zero-order chi connectivity index (χ0) is 13.4. The van der Waals surface area contributed by atoms with E-state index in [9.17, 15) is 0 Å². The number of fused-ring (bicyclic) bond motifs is 1. The minimum absolute atomic E-state index is 0.580. The lowest BCUT2D eigenvalue weighted by Gasteiger charge is -2.25. The fourth-order valence-corrected chi connectivity index (χ4v) is 4.15. The topological polar surface area (TPSA) is 21.3 Å². The normalized spacial score (nSPS) is 29.9. The Morgan fingerprint density at radius 1 is 1.32 bits per heavy atom. The number of ether oxygens (including phenoxy) is 1. The molecular formula is C16H22BrNO. The van der Waals surface area contributed by atoms with E-state index < -0.39 is 0 Å². The molecule has 3 rings (SSSR count). The lowest BCUT2D eigenvalue weighted by molar-refractivity contribution is 0.342. The van der Waals surface area contributed by atoms with Gasteiger partial charge in [0.15, 0.2) is 0 Å². The van der Waals surface area contributed by atoms with Crippen molar-refractivity contribution in [2.75, 3.05) is 14.2 Å². The molecule has 0 aliphatic heterocycles. The summed E-state index contributed by atoms with van der Waals surface area (Å²) < 4.78 is 6.62. The van der Waals surface area contributed by atoms with Crippen molar-refractivity contribution in [3.8, 4) is 5.75 Å². The molecule has 0 saturated heterocycles. The number of likely N-dealkylation sites (N-methyl/N-ethyl adjacent to an activating group) is 1. The van der Waals surface area contributed by atoms with Gasteiger partial charge in [-0.1, -0.05) is 15.9 Å². The predicted octanol–water partition coefficient (Wildman–Crippen LogP) is 3.63. The Morgan fingerprint density at radius 2 is 2.05 bits per heavy atom. The molecule has 104 valence electrons. The number of hydrogen-bond acceptors (Lipinski definition) is 2. The van der Waals surface area contributed by atoms with E-state index in [0.29, 0.717) is 6.04 Å². The number of halogens is 1. The third kappa shape index (κ3) is 2.82. The van der Waals surface area contributed by atoms with Crippen LogP contribution in [0.4, 0.5) is 0 Å². The van der Waals surface area contributed by atoms with E-state index in [1.807, 2.05) is 6.07 Å². The molecule has 0 radical (unpaired) electrons. The lowest BCUT2D eigenvalue weighted by atomic mass is 9.89. The summed E-state index contributed by atoms with van der Waals surface area (Å²) in [6, 6.07) is 6.87. The molecule has 2 fully saturated rings. The monoisotopic (exact) mass is 323 g/mol. The van der Waals surface area contributed by atoms with Crippen LogP contribution in [-0.2, 0) is 6.42 Å². The molecule has 0 heterocycles. The highest BCUT2D eigenvalue weighted by Crippen LogP contribution is 2.55. The molecule has 1 aromatic carbocycles. The maximum Gasteiger partial charge on any atom is 0.122 e. The summed E-state index contributed by atoms with van der Waals surface area (Å²) in [4.78, 5) is 0. The van der Waals surface area contributed by atoms with Gasteiger partial charge in [0.2, 0.25) is 0 Å². The zero-order valence-electron chi connectivity index (χ0n) is 11.7. The van der Waals surface area contributed by atoms with Crippen molar-refractivity contribution in [1.29, 1.82) is 0 Å². The van der Waals surface area contributed by atoms with Crippen molar-refractivity contribution in [2.45, 2.75) is 31.7 Å². The highest BCUT2D eigenvalue weighted by molar-refractivity contribution is 9.10. The summed E-state index contributed by atoms with van der Waals surface area (Å²) in [6.07, 6.45) is 5.40. The van der Waals surface area contributed by atoms with Crippen LogP contribution in [0.2, 0.25) is 0 Å². The van der Waals surface area contributed by atoms with E-state index in [-0.39, 0.29) is 0 Å². The number of benzene rings is 1. The van der Waals surface area contributed by atoms with Crippen LogP contribution in [0, 0.1) is 17.8 Å². The van der Waals surface area contributed by atoms with Gasteiger partial charge in [-0.25, -0.2) is 0 Å². The Balaban J connectivity index is 1.73. The first-order valence-electron chi connectivity index (χ1n) is 7.21. The minimum atomic E-state index is 0.580. The Bertz CT molecular complexity index is 452. The van der Waals surface area contributed by atoms with E-state index in [0.717, 1.165) is 34.4 Å². The van der Waals surface area contributed by atoms with Crippen molar-refractivity contribution in [2.24, 2.45) is 17.8 Å². The standard InChI is InChI=1S/C16H22BrNO/c1-18-15(12-6-10-5-11(10)7-12)9-13-8-14(17)3-4-16(13)19-2/h3-4,8,10-12,15,18H,5-7,9H2,1-2H3. The lowest BCUT2D eigenvalue weighted by Crippen LogP contribution is -2.35. The maximum absolute atomic E-state index is 5.49. The van der Waals surface area contributed by atoms with E-state index in [1.165, 1.54) is 24.8 Å². The van der Waals surface area contributed by atoms with Gasteiger partial charge in [0.05, 0.1) is 7.11 Å². The van der Waals surface area contributed by atoms with Gasteiger partial charge in [0.25, 0.3) is 0 Å². The Hall–Kier alpha value is -0.540. The van der Waals surface area contributed by atoms with Crippen LogP contribution < -0.4 is 10.1 Å². The van der Waals surface area contributed by atoms with Gasteiger partial charge >= 0.3 is 0 Å². The number of methoxy groups -OCH3 is 1. The molecule has 2 aliphatic rings. The Labute approximate surface area is 124 Å². The molecule has 3 atom stereocenters. The molecule has 2 saturated carbocycles. The summed E-state index contributed by atoms with van der Waals surface area (Å²) >= 11 is 3.56. The molecule has 2 nitrogen and oxygen atoms in total. The van der Waals surface area contributed by atoms with Crippen LogP contribution in [0.1, 0.15) is 24.8 Å². The zero-order valence-corrected chi connectivity index (χ0v) is 13.2. The van der Waals surface area contributed by atoms with Crippen molar-refractivity contribution in [1.82, 2.24) is 5.32 Å². The van der Waals surface area contributed by atoms with Crippen LogP contribution >= 0.6 is 15.9 Å². The van der Waals surface area contributed by atoms with E-state index in [4.69, 9.17) is 4.74 Å². The number of nitrogens with one attached hydrogen (secondary N) is 1. The summed E-state index contributed by atoms with van der Waals surface area (Å²) in [7, 11) is 3.85. The molecule has 19 heavy (non-hydrogen) atoms. The molecule has 0 bridgehead atoms. The summed E-state index contributed by atoms with van der Waals surface area (Å²) in [6.45, 7) is 0.